The first-order valence-electron chi connectivity index (χ1n) is 7.76. The van der Waals surface area contributed by atoms with Gasteiger partial charge < -0.3 is 15.0 Å². The van der Waals surface area contributed by atoms with Crippen LogP contribution < -0.4 is 5.56 Å². The predicted octanol–water partition coefficient (Wildman–Crippen LogP) is 2.39. The number of carbonyl (C=O) groups is 1. The first-order chi connectivity index (χ1) is 10.7. The first kappa shape index (κ1) is 18.4. The number of piperidine rings is 1. The highest BCUT2D eigenvalue weighted by Gasteiger charge is 2.20. The maximum absolute atomic E-state index is 12.0. The SMILES string of the molecule is O=CO.O=c1cc(C2CCN(CCCCCF)CC2)cc[nH]1. The van der Waals surface area contributed by atoms with Crippen LogP contribution >= 0.6 is 0 Å². The molecule has 124 valence electrons. The van der Waals surface area contributed by atoms with Gasteiger partial charge in [-0.25, -0.2) is 0 Å². The fourth-order valence-corrected chi connectivity index (χ4v) is 2.81. The molecule has 6 heteroatoms. The molecular weight excluding hydrogens is 287 g/mol. The lowest BCUT2D eigenvalue weighted by atomic mass is 9.90. The molecule has 0 aromatic carbocycles. The Morgan fingerprint density at radius 3 is 2.59 bits per heavy atom. The average Bonchev–Trinajstić information content (AvgIpc) is 2.53. The first-order valence-corrected chi connectivity index (χ1v) is 7.76. The third kappa shape index (κ3) is 6.85. The third-order valence-corrected chi connectivity index (χ3v) is 3.97. The van der Waals surface area contributed by atoms with Gasteiger partial charge in [-0.15, -0.1) is 0 Å². The van der Waals surface area contributed by atoms with Gasteiger partial charge in [-0.3, -0.25) is 14.0 Å². The minimum Gasteiger partial charge on any atom is -0.483 e. The van der Waals surface area contributed by atoms with Crippen LogP contribution in [0.2, 0.25) is 0 Å². The van der Waals surface area contributed by atoms with Gasteiger partial charge in [-0.05, 0) is 69.3 Å². The molecule has 0 radical (unpaired) electrons. The number of hydrogen-bond acceptors (Lipinski definition) is 3. The molecule has 1 fully saturated rings. The molecule has 0 amide bonds. The number of nitrogens with one attached hydrogen (secondary N) is 1. The molecule has 0 bridgehead atoms. The molecule has 1 aliphatic rings. The maximum Gasteiger partial charge on any atom is 0.290 e. The van der Waals surface area contributed by atoms with Gasteiger partial charge in [0.25, 0.3) is 6.47 Å². The van der Waals surface area contributed by atoms with E-state index in [4.69, 9.17) is 9.90 Å². The number of rotatable bonds is 6. The number of unbranched alkanes of at least 4 members (excludes halogenated alkanes) is 2. The van der Waals surface area contributed by atoms with Gasteiger partial charge in [0.1, 0.15) is 0 Å². The number of hydrogen-bond donors (Lipinski definition) is 2. The van der Waals surface area contributed by atoms with Gasteiger partial charge in [-0.2, -0.15) is 0 Å². The van der Waals surface area contributed by atoms with Crippen molar-refractivity contribution in [3.05, 3.63) is 34.2 Å². The number of nitrogens with zero attached hydrogens (tertiary/aromatic N) is 1. The number of pyridine rings is 1. The summed E-state index contributed by atoms with van der Waals surface area (Å²) in [5, 5.41) is 6.89. The van der Waals surface area contributed by atoms with Crippen LogP contribution in [0.5, 0.6) is 0 Å². The zero-order valence-electron chi connectivity index (χ0n) is 12.8. The van der Waals surface area contributed by atoms with Crippen LogP contribution in [0, 0.1) is 0 Å². The van der Waals surface area contributed by atoms with Crippen molar-refractivity contribution in [1.29, 1.82) is 0 Å². The highest BCUT2D eigenvalue weighted by Crippen LogP contribution is 2.26. The van der Waals surface area contributed by atoms with E-state index in [2.05, 4.69) is 9.88 Å². The molecular formula is C16H25FN2O3. The maximum atomic E-state index is 12.0. The molecule has 1 aliphatic heterocycles. The number of carboxylic acid groups (broad SMARTS) is 1. The van der Waals surface area contributed by atoms with Crippen molar-refractivity contribution >= 4 is 6.47 Å². The van der Waals surface area contributed by atoms with Crippen molar-refractivity contribution in [1.82, 2.24) is 9.88 Å². The largest absolute Gasteiger partial charge is 0.483 e. The second-order valence-electron chi connectivity index (χ2n) is 5.46. The normalized spacial score (nSPS) is 15.9. The molecule has 0 saturated carbocycles. The number of alkyl halides is 1. The number of aromatic amines is 1. The van der Waals surface area contributed by atoms with Crippen molar-refractivity contribution in [2.45, 2.75) is 38.0 Å². The zero-order valence-corrected chi connectivity index (χ0v) is 12.8. The second kappa shape index (κ2) is 11.0. The summed E-state index contributed by atoms with van der Waals surface area (Å²) in [6, 6.07) is 3.74. The van der Waals surface area contributed by atoms with Crippen LogP contribution in [0.25, 0.3) is 0 Å². The molecule has 0 spiro atoms. The number of halogens is 1. The monoisotopic (exact) mass is 312 g/mol. The highest BCUT2D eigenvalue weighted by atomic mass is 19.1. The van der Waals surface area contributed by atoms with E-state index in [1.807, 2.05) is 6.07 Å². The van der Waals surface area contributed by atoms with Crippen LogP contribution in [0.1, 0.15) is 43.6 Å². The predicted molar refractivity (Wildman–Crippen MR) is 84.0 cm³/mol. The Kier molecular flexibility index (Phi) is 9.14. The lowest BCUT2D eigenvalue weighted by molar-refractivity contribution is -0.122. The molecule has 0 unspecified atom stereocenters. The number of likely N-dealkylation sites (tertiary alicyclic amines) is 1. The Labute approximate surface area is 130 Å². The van der Waals surface area contributed by atoms with E-state index >= 15 is 0 Å². The Hall–Kier alpha value is -1.69. The summed E-state index contributed by atoms with van der Waals surface area (Å²) in [6.07, 6.45) is 6.76. The van der Waals surface area contributed by atoms with Gasteiger partial charge in [0.15, 0.2) is 0 Å². The van der Waals surface area contributed by atoms with Crippen molar-refractivity contribution in [2.75, 3.05) is 26.3 Å². The van der Waals surface area contributed by atoms with E-state index in [0.717, 1.165) is 45.3 Å². The zero-order chi connectivity index (χ0) is 16.2. The summed E-state index contributed by atoms with van der Waals surface area (Å²) < 4.78 is 12.0. The molecule has 0 atom stereocenters. The van der Waals surface area contributed by atoms with E-state index in [-0.39, 0.29) is 18.7 Å². The molecule has 2 heterocycles. The minimum atomic E-state index is -0.250. The summed E-state index contributed by atoms with van der Waals surface area (Å²) >= 11 is 0. The van der Waals surface area contributed by atoms with Crippen LogP contribution in [0.15, 0.2) is 23.1 Å². The van der Waals surface area contributed by atoms with Crippen LogP contribution in [0.3, 0.4) is 0 Å². The third-order valence-electron chi connectivity index (χ3n) is 3.97. The fourth-order valence-electron chi connectivity index (χ4n) is 2.81. The lowest BCUT2D eigenvalue weighted by Gasteiger charge is -2.32. The summed E-state index contributed by atoms with van der Waals surface area (Å²) in [4.78, 5) is 24.8. The smallest absolute Gasteiger partial charge is 0.290 e. The molecule has 22 heavy (non-hydrogen) atoms. The van der Waals surface area contributed by atoms with E-state index in [9.17, 15) is 9.18 Å². The Morgan fingerprint density at radius 2 is 2.00 bits per heavy atom. The van der Waals surface area contributed by atoms with Crippen molar-refractivity contribution in [3.8, 4) is 0 Å². The van der Waals surface area contributed by atoms with Crippen molar-refractivity contribution in [3.63, 3.8) is 0 Å². The number of H-pyrrole nitrogens is 1. The molecule has 2 rings (SSSR count). The molecule has 1 aromatic heterocycles. The quantitative estimate of drug-likeness (QED) is 0.625. The lowest BCUT2D eigenvalue weighted by Crippen LogP contribution is -2.33. The molecule has 2 N–H and O–H groups in total. The summed E-state index contributed by atoms with van der Waals surface area (Å²) in [7, 11) is 0. The average molecular weight is 312 g/mol. The van der Waals surface area contributed by atoms with E-state index in [1.165, 1.54) is 5.56 Å². The van der Waals surface area contributed by atoms with Crippen LogP contribution in [0.4, 0.5) is 4.39 Å². The standard InChI is InChI=1S/C15H23FN2O.CH2O2/c16-7-2-1-3-9-18-10-5-13(6-11-18)14-4-8-17-15(19)12-14;2-1-3/h4,8,12-13H,1-3,5-7,9-11H2,(H,17,19);1H,(H,2,3). The van der Waals surface area contributed by atoms with Crippen molar-refractivity contribution in [2.24, 2.45) is 0 Å². The fraction of sp³-hybridized carbons (Fsp3) is 0.625. The Bertz CT molecular complexity index is 470. The summed E-state index contributed by atoms with van der Waals surface area (Å²) in [6.45, 7) is 2.83. The van der Waals surface area contributed by atoms with Gasteiger partial charge in [0.05, 0.1) is 6.67 Å². The second-order valence-corrected chi connectivity index (χ2v) is 5.46. The Morgan fingerprint density at radius 1 is 1.32 bits per heavy atom. The molecule has 1 aromatic rings. The Balaban J connectivity index is 0.000000745. The van der Waals surface area contributed by atoms with E-state index in [1.54, 1.807) is 12.3 Å². The van der Waals surface area contributed by atoms with Gasteiger partial charge in [-0.1, -0.05) is 0 Å². The molecule has 0 aliphatic carbocycles. The topological polar surface area (TPSA) is 73.4 Å². The van der Waals surface area contributed by atoms with E-state index in [0.29, 0.717) is 12.3 Å². The molecule has 1 saturated heterocycles. The minimum absolute atomic E-state index is 0.00819. The van der Waals surface area contributed by atoms with Gasteiger partial charge in [0, 0.05) is 12.3 Å². The van der Waals surface area contributed by atoms with Crippen LogP contribution in [-0.4, -0.2) is 47.8 Å². The summed E-state index contributed by atoms with van der Waals surface area (Å²) in [5.74, 6) is 0.518. The van der Waals surface area contributed by atoms with Crippen molar-refractivity contribution < 1.29 is 14.3 Å². The highest BCUT2D eigenvalue weighted by molar-refractivity contribution is 5.32. The van der Waals surface area contributed by atoms with Crippen LogP contribution in [-0.2, 0) is 4.79 Å². The van der Waals surface area contributed by atoms with E-state index < -0.39 is 0 Å². The summed E-state index contributed by atoms with van der Waals surface area (Å²) in [5.41, 5.74) is 1.16. The van der Waals surface area contributed by atoms with Gasteiger partial charge in [0.2, 0.25) is 5.56 Å². The number of aromatic nitrogens is 1. The molecule has 5 nitrogen and oxygen atoms in total. The van der Waals surface area contributed by atoms with Gasteiger partial charge >= 0.3 is 0 Å².